The third-order valence-corrected chi connectivity index (χ3v) is 2.66. The number of carbonyl (C=O) groups is 1. The third kappa shape index (κ3) is 2.27. The maximum Gasteiger partial charge on any atom is 0.272 e. The highest BCUT2D eigenvalue weighted by molar-refractivity contribution is 5.92. The summed E-state index contributed by atoms with van der Waals surface area (Å²) in [6.45, 7) is 3.31. The van der Waals surface area contributed by atoms with Gasteiger partial charge in [0.05, 0.1) is 0 Å². The standard InChI is InChI=1S/C12H13FN2O/c1-9-5-7-15(8-6-9)12(16)10-3-2-4-11(13)14-10/h2-5H,6-8H2,1H3. The molecule has 0 N–H and O–H groups in total. The van der Waals surface area contributed by atoms with Gasteiger partial charge in [-0.2, -0.15) is 4.39 Å². The Labute approximate surface area is 93.6 Å². The first-order valence-corrected chi connectivity index (χ1v) is 5.24. The van der Waals surface area contributed by atoms with Crippen molar-refractivity contribution in [3.05, 3.63) is 41.5 Å². The number of nitrogens with zero attached hydrogens (tertiary/aromatic N) is 2. The van der Waals surface area contributed by atoms with Gasteiger partial charge in [0.2, 0.25) is 5.95 Å². The van der Waals surface area contributed by atoms with Crippen LogP contribution >= 0.6 is 0 Å². The van der Waals surface area contributed by atoms with Crippen LogP contribution < -0.4 is 0 Å². The topological polar surface area (TPSA) is 33.2 Å². The maximum absolute atomic E-state index is 12.9. The summed E-state index contributed by atoms with van der Waals surface area (Å²) in [4.78, 5) is 17.2. The Balaban J connectivity index is 2.14. The number of hydrogen-bond donors (Lipinski definition) is 0. The largest absolute Gasteiger partial charge is 0.333 e. The summed E-state index contributed by atoms with van der Waals surface area (Å²) < 4.78 is 12.9. The van der Waals surface area contributed by atoms with Crippen molar-refractivity contribution in [1.82, 2.24) is 9.88 Å². The number of rotatable bonds is 1. The van der Waals surface area contributed by atoms with Crippen LogP contribution in [0.2, 0.25) is 0 Å². The zero-order valence-electron chi connectivity index (χ0n) is 9.11. The van der Waals surface area contributed by atoms with E-state index in [9.17, 15) is 9.18 Å². The zero-order valence-corrected chi connectivity index (χ0v) is 9.11. The Hall–Kier alpha value is -1.71. The predicted molar refractivity (Wildman–Crippen MR) is 58.5 cm³/mol. The van der Waals surface area contributed by atoms with E-state index >= 15 is 0 Å². The molecule has 0 aliphatic carbocycles. The van der Waals surface area contributed by atoms with E-state index in [1.54, 1.807) is 4.90 Å². The molecule has 84 valence electrons. The lowest BCUT2D eigenvalue weighted by molar-refractivity contribution is 0.0762. The molecule has 0 fully saturated rings. The van der Waals surface area contributed by atoms with E-state index in [1.807, 2.05) is 13.0 Å². The van der Waals surface area contributed by atoms with Crippen LogP contribution in [-0.2, 0) is 0 Å². The van der Waals surface area contributed by atoms with Gasteiger partial charge in [0.25, 0.3) is 5.91 Å². The second-order valence-corrected chi connectivity index (χ2v) is 3.90. The summed E-state index contributed by atoms with van der Waals surface area (Å²) >= 11 is 0. The molecule has 1 aromatic heterocycles. The van der Waals surface area contributed by atoms with Gasteiger partial charge >= 0.3 is 0 Å². The van der Waals surface area contributed by atoms with Crippen molar-refractivity contribution in [3.63, 3.8) is 0 Å². The second-order valence-electron chi connectivity index (χ2n) is 3.90. The highest BCUT2D eigenvalue weighted by Gasteiger charge is 2.18. The van der Waals surface area contributed by atoms with Crippen molar-refractivity contribution < 1.29 is 9.18 Å². The van der Waals surface area contributed by atoms with E-state index in [1.165, 1.54) is 23.8 Å². The normalized spacial score (nSPS) is 15.9. The molecule has 0 radical (unpaired) electrons. The molecule has 0 unspecified atom stereocenters. The van der Waals surface area contributed by atoms with Gasteiger partial charge in [-0.3, -0.25) is 4.79 Å². The first kappa shape index (κ1) is 10.8. The molecule has 3 nitrogen and oxygen atoms in total. The van der Waals surface area contributed by atoms with Crippen molar-refractivity contribution in [2.75, 3.05) is 13.1 Å². The monoisotopic (exact) mass is 220 g/mol. The number of halogens is 1. The second kappa shape index (κ2) is 4.43. The summed E-state index contributed by atoms with van der Waals surface area (Å²) in [6.07, 6.45) is 2.89. The predicted octanol–water partition coefficient (Wildman–Crippen LogP) is 2.01. The molecule has 0 saturated carbocycles. The van der Waals surface area contributed by atoms with Gasteiger partial charge in [-0.25, -0.2) is 4.98 Å². The number of hydrogen-bond acceptors (Lipinski definition) is 2. The number of pyridine rings is 1. The van der Waals surface area contributed by atoms with E-state index in [0.717, 1.165) is 6.42 Å². The van der Waals surface area contributed by atoms with Crippen LogP contribution in [0.25, 0.3) is 0 Å². The average molecular weight is 220 g/mol. The van der Waals surface area contributed by atoms with E-state index < -0.39 is 5.95 Å². The van der Waals surface area contributed by atoms with Crippen molar-refractivity contribution in [2.24, 2.45) is 0 Å². The van der Waals surface area contributed by atoms with Crippen LogP contribution in [0.1, 0.15) is 23.8 Å². The summed E-state index contributed by atoms with van der Waals surface area (Å²) in [7, 11) is 0. The molecule has 16 heavy (non-hydrogen) atoms. The van der Waals surface area contributed by atoms with E-state index in [4.69, 9.17) is 0 Å². The van der Waals surface area contributed by atoms with Gasteiger partial charge < -0.3 is 4.90 Å². The molecular formula is C12H13FN2O. The molecule has 2 rings (SSSR count). The van der Waals surface area contributed by atoms with Crippen LogP contribution in [0.3, 0.4) is 0 Å². The smallest absolute Gasteiger partial charge is 0.272 e. The molecule has 0 atom stereocenters. The molecule has 4 heteroatoms. The Morgan fingerprint density at radius 2 is 2.31 bits per heavy atom. The van der Waals surface area contributed by atoms with Gasteiger partial charge in [-0.05, 0) is 25.5 Å². The molecule has 0 saturated heterocycles. The van der Waals surface area contributed by atoms with Gasteiger partial charge in [0, 0.05) is 13.1 Å². The van der Waals surface area contributed by atoms with E-state index in [0.29, 0.717) is 13.1 Å². The van der Waals surface area contributed by atoms with Crippen molar-refractivity contribution in [1.29, 1.82) is 0 Å². The van der Waals surface area contributed by atoms with E-state index in [2.05, 4.69) is 4.98 Å². The fourth-order valence-corrected chi connectivity index (χ4v) is 1.64. The Bertz CT molecular complexity index is 442. The quantitative estimate of drug-likeness (QED) is 0.536. The lowest BCUT2D eigenvalue weighted by Gasteiger charge is -2.25. The lowest BCUT2D eigenvalue weighted by Crippen LogP contribution is -2.35. The molecule has 1 aromatic rings. The lowest BCUT2D eigenvalue weighted by atomic mass is 10.1. The Kier molecular flexibility index (Phi) is 2.99. The minimum Gasteiger partial charge on any atom is -0.333 e. The van der Waals surface area contributed by atoms with Crippen LogP contribution in [0.4, 0.5) is 4.39 Å². The van der Waals surface area contributed by atoms with Crippen LogP contribution in [0, 0.1) is 5.95 Å². The molecule has 2 heterocycles. The summed E-state index contributed by atoms with van der Waals surface area (Å²) in [6, 6.07) is 4.27. The highest BCUT2D eigenvalue weighted by Crippen LogP contribution is 2.12. The Morgan fingerprint density at radius 3 is 2.94 bits per heavy atom. The highest BCUT2D eigenvalue weighted by atomic mass is 19.1. The Morgan fingerprint density at radius 1 is 1.50 bits per heavy atom. The number of aromatic nitrogens is 1. The SMILES string of the molecule is CC1=CCN(C(=O)c2cccc(F)n2)CC1. The van der Waals surface area contributed by atoms with Gasteiger partial charge in [0.15, 0.2) is 0 Å². The number of amides is 1. The summed E-state index contributed by atoms with van der Waals surface area (Å²) in [5.41, 5.74) is 1.46. The van der Waals surface area contributed by atoms with Gasteiger partial charge in [-0.1, -0.05) is 17.7 Å². The fraction of sp³-hybridized carbons (Fsp3) is 0.333. The molecule has 0 bridgehead atoms. The first-order chi connectivity index (χ1) is 7.66. The fourth-order valence-electron chi connectivity index (χ4n) is 1.64. The summed E-state index contributed by atoms with van der Waals surface area (Å²) in [5.74, 6) is -0.821. The van der Waals surface area contributed by atoms with Crippen molar-refractivity contribution in [2.45, 2.75) is 13.3 Å². The average Bonchev–Trinajstić information content (AvgIpc) is 2.29. The van der Waals surface area contributed by atoms with Crippen LogP contribution in [0.5, 0.6) is 0 Å². The maximum atomic E-state index is 12.9. The van der Waals surface area contributed by atoms with Crippen LogP contribution in [-0.4, -0.2) is 28.9 Å². The summed E-state index contributed by atoms with van der Waals surface area (Å²) in [5, 5.41) is 0. The van der Waals surface area contributed by atoms with Crippen molar-refractivity contribution in [3.8, 4) is 0 Å². The zero-order chi connectivity index (χ0) is 11.5. The molecule has 1 amide bonds. The molecule has 0 aromatic carbocycles. The van der Waals surface area contributed by atoms with E-state index in [-0.39, 0.29) is 11.6 Å². The minimum absolute atomic E-state index is 0.174. The van der Waals surface area contributed by atoms with Crippen LogP contribution in [0.15, 0.2) is 29.8 Å². The van der Waals surface area contributed by atoms with Crippen molar-refractivity contribution >= 4 is 5.91 Å². The molecular weight excluding hydrogens is 207 g/mol. The number of carbonyl (C=O) groups excluding carboxylic acids is 1. The van der Waals surface area contributed by atoms with Gasteiger partial charge in [-0.15, -0.1) is 0 Å². The molecule has 0 spiro atoms. The van der Waals surface area contributed by atoms with Gasteiger partial charge in [0.1, 0.15) is 5.69 Å². The molecule has 1 aliphatic heterocycles. The minimum atomic E-state index is -0.616. The third-order valence-electron chi connectivity index (χ3n) is 2.66. The molecule has 1 aliphatic rings. The first-order valence-electron chi connectivity index (χ1n) is 5.24.